The van der Waals surface area contributed by atoms with Gasteiger partial charge in [-0.15, -0.1) is 0 Å². The third-order valence-electron chi connectivity index (χ3n) is 9.02. The fraction of sp³-hybridized carbons (Fsp3) is 0.224. The van der Waals surface area contributed by atoms with Crippen LogP contribution in [-0.2, 0) is 9.53 Å². The second kappa shape index (κ2) is 25.9. The van der Waals surface area contributed by atoms with Crippen molar-refractivity contribution in [1.29, 1.82) is 0 Å². The van der Waals surface area contributed by atoms with Crippen LogP contribution in [0.2, 0.25) is 0 Å². The number of anilines is 7. The molecule has 0 fully saturated rings. The lowest BCUT2D eigenvalue weighted by Gasteiger charge is -2.20. The number of benzene rings is 6. The van der Waals surface area contributed by atoms with Gasteiger partial charge in [0.05, 0.1) is 18.8 Å². The lowest BCUT2D eigenvalue weighted by Crippen LogP contribution is -2.21. The molecule has 0 saturated carbocycles. The van der Waals surface area contributed by atoms with Gasteiger partial charge in [-0.3, -0.25) is 0 Å². The summed E-state index contributed by atoms with van der Waals surface area (Å²) >= 11 is 0. The minimum Gasteiger partial charge on any atom is -0.494 e. The van der Waals surface area contributed by atoms with Gasteiger partial charge in [-0.05, 0) is 156 Å². The molecule has 6 aromatic rings. The van der Waals surface area contributed by atoms with E-state index in [1.807, 2.05) is 48.5 Å². The summed E-state index contributed by atoms with van der Waals surface area (Å²) in [5.41, 5.74) is 40.1. The van der Waals surface area contributed by atoms with Crippen LogP contribution in [0.25, 0.3) is 10.8 Å². The first-order valence-corrected chi connectivity index (χ1v) is 20.2. The smallest absolute Gasteiger partial charge is 0.343 e. The Bertz CT molecular complexity index is 2160. The average Bonchev–Trinajstić information content (AvgIpc) is 3.27. The standard InChI is InChI=1S/C23H27NO5.C10H10N2.C10H16N2.C6H8N2/c1-17(2)22(25)28-16-6-4-3-5-15-27-20-11-7-18(8-12-20)23(26)29-21-13-9-19(24)10-14-21;11-9-5-6-10(12)8-4-2-1-3-7(8)9;1-3-12(4-2)10-7-5-9(11)6-8-10;7-5-1-2-6(8)4-3-5/h7-14H,1,3-6,15-16,24H2,2H3;1-6H,11-12H2;5-8H,3-4,11H2,1-2H3;1-4H,7-8H2. The van der Waals surface area contributed by atoms with Gasteiger partial charge in [0, 0.05) is 69.2 Å². The highest BCUT2D eigenvalue weighted by molar-refractivity contribution is 6.00. The number of ether oxygens (including phenoxy) is 3. The number of hydrogen-bond donors (Lipinski definition) is 6. The van der Waals surface area contributed by atoms with Crippen LogP contribution < -0.4 is 48.8 Å². The number of carbonyl (C=O) groups excluding carboxylic acids is 2. The summed E-state index contributed by atoms with van der Waals surface area (Å²) < 4.78 is 16.0. The molecular weight excluding hydrogens is 767 g/mol. The van der Waals surface area contributed by atoms with E-state index in [1.54, 1.807) is 79.7 Å². The minimum atomic E-state index is -0.436. The SMILES string of the molecule is C=C(C)C(=O)OCCCCCCOc1ccc(C(=O)Oc2ccc(N)cc2)cc1.CCN(CC)c1ccc(N)cc1.Nc1ccc(N)c2ccccc12.Nc1ccc(N)cc1. The Hall–Kier alpha value is -7.34. The number of rotatable bonds is 14. The zero-order chi connectivity index (χ0) is 44.6. The van der Waals surface area contributed by atoms with Crippen LogP contribution in [0.1, 0.15) is 56.8 Å². The summed E-state index contributed by atoms with van der Waals surface area (Å²) in [6, 6.07) is 40.1. The van der Waals surface area contributed by atoms with Gasteiger partial charge < -0.3 is 53.5 Å². The Balaban J connectivity index is 0.000000252. The fourth-order valence-electron chi connectivity index (χ4n) is 5.54. The molecule has 0 amide bonds. The molecule has 0 heterocycles. The zero-order valence-corrected chi connectivity index (χ0v) is 35.5. The maximum absolute atomic E-state index is 12.1. The average molecular weight is 828 g/mol. The Morgan fingerprint density at radius 1 is 0.541 bits per heavy atom. The third kappa shape index (κ3) is 17.6. The highest BCUT2D eigenvalue weighted by Gasteiger charge is 2.09. The van der Waals surface area contributed by atoms with Crippen LogP contribution in [0.5, 0.6) is 11.5 Å². The van der Waals surface area contributed by atoms with Crippen molar-refractivity contribution in [2.24, 2.45) is 0 Å². The summed E-state index contributed by atoms with van der Waals surface area (Å²) in [5.74, 6) is 0.367. The van der Waals surface area contributed by atoms with Crippen LogP contribution >= 0.6 is 0 Å². The number of hydrogen-bond acceptors (Lipinski definition) is 12. The van der Waals surface area contributed by atoms with E-state index in [0.29, 0.717) is 41.5 Å². The molecule has 61 heavy (non-hydrogen) atoms. The van der Waals surface area contributed by atoms with E-state index in [2.05, 4.69) is 37.5 Å². The Morgan fingerprint density at radius 3 is 1.43 bits per heavy atom. The first kappa shape index (κ1) is 48.0. The molecule has 6 aromatic carbocycles. The van der Waals surface area contributed by atoms with Crippen LogP contribution in [0.3, 0.4) is 0 Å². The first-order chi connectivity index (χ1) is 29.3. The van der Waals surface area contributed by atoms with Crippen molar-refractivity contribution < 1.29 is 23.8 Å². The predicted octanol–water partition coefficient (Wildman–Crippen LogP) is 9.52. The van der Waals surface area contributed by atoms with Crippen molar-refractivity contribution >= 4 is 62.5 Å². The molecule has 6 rings (SSSR count). The second-order valence-corrected chi connectivity index (χ2v) is 13.9. The quantitative estimate of drug-likeness (QED) is 0.0199. The predicted molar refractivity (Wildman–Crippen MR) is 254 cm³/mol. The molecule has 0 radical (unpaired) electrons. The first-order valence-electron chi connectivity index (χ1n) is 20.2. The Kier molecular flexibility index (Phi) is 20.4. The van der Waals surface area contributed by atoms with E-state index in [0.717, 1.165) is 78.0 Å². The van der Waals surface area contributed by atoms with E-state index >= 15 is 0 Å². The van der Waals surface area contributed by atoms with E-state index in [9.17, 15) is 9.59 Å². The monoisotopic (exact) mass is 827 g/mol. The third-order valence-corrected chi connectivity index (χ3v) is 9.02. The van der Waals surface area contributed by atoms with Crippen molar-refractivity contribution in [1.82, 2.24) is 0 Å². The topological polar surface area (TPSA) is 221 Å². The van der Waals surface area contributed by atoms with E-state index < -0.39 is 5.97 Å². The summed E-state index contributed by atoms with van der Waals surface area (Å²) in [5, 5.41) is 2.05. The highest BCUT2D eigenvalue weighted by atomic mass is 16.5. The Labute approximate surface area is 360 Å². The van der Waals surface area contributed by atoms with Gasteiger partial charge in [0.2, 0.25) is 0 Å². The second-order valence-electron chi connectivity index (χ2n) is 13.9. The molecule has 12 nitrogen and oxygen atoms in total. The van der Waals surface area contributed by atoms with Crippen molar-refractivity contribution in [2.75, 3.05) is 65.6 Å². The number of carbonyl (C=O) groups is 2. The van der Waals surface area contributed by atoms with Gasteiger partial charge in [0.1, 0.15) is 11.5 Å². The maximum Gasteiger partial charge on any atom is 0.343 e. The number of fused-ring (bicyclic) bond motifs is 1. The molecule has 0 aliphatic heterocycles. The van der Waals surface area contributed by atoms with Gasteiger partial charge in [0.25, 0.3) is 0 Å². The lowest BCUT2D eigenvalue weighted by molar-refractivity contribution is -0.139. The Morgan fingerprint density at radius 2 is 0.967 bits per heavy atom. The maximum atomic E-state index is 12.1. The molecule has 322 valence electrons. The van der Waals surface area contributed by atoms with Crippen LogP contribution in [0.15, 0.2) is 146 Å². The molecule has 0 aliphatic carbocycles. The number of esters is 2. The van der Waals surface area contributed by atoms with Crippen molar-refractivity contribution in [3.05, 3.63) is 151 Å². The lowest BCUT2D eigenvalue weighted by atomic mass is 10.1. The van der Waals surface area contributed by atoms with E-state index in [1.165, 1.54) is 5.69 Å². The van der Waals surface area contributed by atoms with Crippen LogP contribution in [-0.4, -0.2) is 38.2 Å². The number of unbranched alkanes of at least 4 members (excludes halogenated alkanes) is 3. The number of nitrogens with zero attached hydrogens (tertiary/aromatic N) is 1. The summed E-state index contributed by atoms with van der Waals surface area (Å²) in [6.07, 6.45) is 3.67. The number of nitrogen functional groups attached to an aromatic ring is 6. The largest absolute Gasteiger partial charge is 0.494 e. The molecule has 0 spiro atoms. The number of nitrogens with two attached hydrogens (primary N) is 6. The van der Waals surface area contributed by atoms with Crippen LogP contribution in [0, 0.1) is 0 Å². The van der Waals surface area contributed by atoms with Gasteiger partial charge in [-0.2, -0.15) is 0 Å². The van der Waals surface area contributed by atoms with Crippen LogP contribution in [0.4, 0.5) is 39.8 Å². The molecular formula is C49H61N7O5. The summed E-state index contributed by atoms with van der Waals surface area (Å²) in [6.45, 7) is 12.6. The van der Waals surface area contributed by atoms with Gasteiger partial charge in [-0.1, -0.05) is 30.8 Å². The molecule has 0 bridgehead atoms. The zero-order valence-electron chi connectivity index (χ0n) is 35.5. The van der Waals surface area contributed by atoms with Gasteiger partial charge in [-0.25, -0.2) is 9.59 Å². The summed E-state index contributed by atoms with van der Waals surface area (Å²) in [4.78, 5) is 25.7. The normalized spacial score (nSPS) is 10.0. The van der Waals surface area contributed by atoms with Gasteiger partial charge >= 0.3 is 11.9 Å². The van der Waals surface area contributed by atoms with E-state index in [-0.39, 0.29) is 5.97 Å². The van der Waals surface area contributed by atoms with Crippen molar-refractivity contribution in [3.63, 3.8) is 0 Å². The minimum absolute atomic E-state index is 0.339. The molecule has 12 N–H and O–H groups in total. The fourth-order valence-corrected chi connectivity index (χ4v) is 5.54. The summed E-state index contributed by atoms with van der Waals surface area (Å²) in [7, 11) is 0. The molecule has 12 heteroatoms. The molecule has 0 unspecified atom stereocenters. The van der Waals surface area contributed by atoms with Gasteiger partial charge in [0.15, 0.2) is 0 Å². The molecule has 0 aliphatic rings. The molecule has 0 atom stereocenters. The van der Waals surface area contributed by atoms with Crippen molar-refractivity contribution in [2.45, 2.75) is 46.5 Å². The van der Waals surface area contributed by atoms with Crippen molar-refractivity contribution in [3.8, 4) is 11.5 Å². The van der Waals surface area contributed by atoms with E-state index in [4.69, 9.17) is 48.6 Å². The highest BCUT2D eigenvalue weighted by Crippen LogP contribution is 2.25. The molecule has 0 saturated heterocycles. The molecule has 0 aromatic heterocycles.